The molecule has 1 radical (unpaired) electrons. The fourth-order valence-electron chi connectivity index (χ4n) is 5.75. The molecule has 0 atom stereocenters. The summed E-state index contributed by atoms with van der Waals surface area (Å²) in [5.41, 5.74) is 0. The first-order valence-corrected chi connectivity index (χ1v) is 19.0. The van der Waals surface area contributed by atoms with Gasteiger partial charge >= 0.3 is 0 Å². The highest BCUT2D eigenvalue weighted by Gasteiger charge is 1.95. The molecule has 0 unspecified atom stereocenters. The van der Waals surface area contributed by atoms with E-state index in [-0.39, 0.29) is 0 Å². The lowest BCUT2D eigenvalue weighted by Crippen LogP contribution is -1.84. The number of hydrogen-bond acceptors (Lipinski definition) is 0. The van der Waals surface area contributed by atoms with E-state index in [9.17, 15) is 0 Å². The Labute approximate surface area is 256 Å². The van der Waals surface area contributed by atoms with E-state index >= 15 is 0 Å². The van der Waals surface area contributed by atoms with E-state index in [2.05, 4.69) is 44.6 Å². The van der Waals surface area contributed by atoms with Gasteiger partial charge in [-0.2, -0.15) is 0 Å². The smallest absolute Gasteiger partial charge is 0.0351 e. The van der Waals surface area contributed by atoms with Crippen molar-refractivity contribution in [2.45, 2.75) is 226 Å². The van der Waals surface area contributed by atoms with Crippen LogP contribution in [-0.4, -0.2) is 0 Å². The Kier molecular flexibility index (Phi) is 38.0. The van der Waals surface area contributed by atoms with Crippen LogP contribution >= 0.6 is 0 Å². The quantitative estimate of drug-likeness (QED) is 0.0537. The average Bonchev–Trinajstić information content (AvgIpc) is 2.97. The van der Waals surface area contributed by atoms with Crippen molar-refractivity contribution in [3.05, 3.63) is 30.7 Å². The SMILES string of the molecule is CCCCCCCC/C=C\CCCCCCCCCCC[CH]CCCCC/C=C\CCCCCCCCCCC. The summed E-state index contributed by atoms with van der Waals surface area (Å²) in [4.78, 5) is 0. The average molecular weight is 558 g/mol. The molecule has 0 aromatic heterocycles. The molecule has 0 aliphatic rings. The molecule has 0 aliphatic heterocycles. The molecule has 0 heterocycles. The molecule has 0 aromatic rings. The first kappa shape index (κ1) is 39.5. The van der Waals surface area contributed by atoms with Crippen molar-refractivity contribution < 1.29 is 0 Å². The van der Waals surface area contributed by atoms with Gasteiger partial charge in [0.05, 0.1) is 0 Å². The summed E-state index contributed by atoms with van der Waals surface area (Å²) in [7, 11) is 0. The zero-order chi connectivity index (χ0) is 28.9. The molecule has 0 nitrogen and oxygen atoms in total. The summed E-state index contributed by atoms with van der Waals surface area (Å²) < 4.78 is 0. The summed E-state index contributed by atoms with van der Waals surface area (Å²) >= 11 is 0. The van der Waals surface area contributed by atoms with Gasteiger partial charge in [0.2, 0.25) is 0 Å². The number of hydrogen-bond donors (Lipinski definition) is 0. The first-order valence-electron chi connectivity index (χ1n) is 19.0. The third kappa shape index (κ3) is 37.5. The summed E-state index contributed by atoms with van der Waals surface area (Å²) in [6.45, 7) is 4.60. The molecular weight excluding hydrogens is 480 g/mol. The van der Waals surface area contributed by atoms with Crippen LogP contribution in [0.4, 0.5) is 0 Å². The molecular formula is C40H77. The molecule has 0 spiro atoms. The molecule has 0 heteroatoms. The van der Waals surface area contributed by atoms with Crippen molar-refractivity contribution in [3.63, 3.8) is 0 Å². The highest BCUT2D eigenvalue weighted by molar-refractivity contribution is 4.82. The Morgan fingerprint density at radius 3 is 0.700 bits per heavy atom. The molecule has 0 aromatic carbocycles. The summed E-state index contributed by atoms with van der Waals surface area (Å²) in [6, 6.07) is 0. The Bertz CT molecular complexity index is 472. The van der Waals surface area contributed by atoms with Gasteiger partial charge < -0.3 is 0 Å². The van der Waals surface area contributed by atoms with Crippen LogP contribution in [0.5, 0.6) is 0 Å². The largest absolute Gasteiger partial charge is 0.0885 e. The second-order valence-electron chi connectivity index (χ2n) is 12.8. The predicted molar refractivity (Wildman–Crippen MR) is 186 cm³/mol. The highest BCUT2D eigenvalue weighted by atomic mass is 14.0. The lowest BCUT2D eigenvalue weighted by atomic mass is 10.0. The van der Waals surface area contributed by atoms with Crippen molar-refractivity contribution >= 4 is 0 Å². The van der Waals surface area contributed by atoms with Crippen LogP contribution in [0.3, 0.4) is 0 Å². The summed E-state index contributed by atoms with van der Waals surface area (Å²) in [6.07, 6.45) is 58.9. The first-order chi connectivity index (χ1) is 19.9. The monoisotopic (exact) mass is 558 g/mol. The van der Waals surface area contributed by atoms with Crippen LogP contribution in [0.25, 0.3) is 0 Å². The molecule has 40 heavy (non-hydrogen) atoms. The number of allylic oxidation sites excluding steroid dienone is 4. The van der Waals surface area contributed by atoms with Gasteiger partial charge in [0, 0.05) is 0 Å². The number of unbranched alkanes of at least 4 members (excludes halogenated alkanes) is 31. The molecule has 0 bridgehead atoms. The van der Waals surface area contributed by atoms with Crippen LogP contribution in [0.2, 0.25) is 0 Å². The Morgan fingerprint density at radius 2 is 0.425 bits per heavy atom. The minimum atomic E-state index is 1.30. The lowest BCUT2D eigenvalue weighted by Gasteiger charge is -2.03. The minimum Gasteiger partial charge on any atom is -0.0885 e. The highest BCUT2D eigenvalue weighted by Crippen LogP contribution is 2.15. The topological polar surface area (TPSA) is 0 Å². The Morgan fingerprint density at radius 1 is 0.225 bits per heavy atom. The van der Waals surface area contributed by atoms with Crippen molar-refractivity contribution in [2.24, 2.45) is 0 Å². The third-order valence-electron chi connectivity index (χ3n) is 8.59. The second kappa shape index (κ2) is 38.5. The van der Waals surface area contributed by atoms with E-state index in [1.54, 1.807) is 0 Å². The molecule has 0 saturated carbocycles. The van der Waals surface area contributed by atoms with Crippen LogP contribution in [0, 0.1) is 6.42 Å². The van der Waals surface area contributed by atoms with Crippen LogP contribution < -0.4 is 0 Å². The lowest BCUT2D eigenvalue weighted by molar-refractivity contribution is 0.555. The van der Waals surface area contributed by atoms with Gasteiger partial charge in [0.15, 0.2) is 0 Å². The molecule has 0 saturated heterocycles. The van der Waals surface area contributed by atoms with Gasteiger partial charge in [-0.15, -0.1) is 0 Å². The van der Waals surface area contributed by atoms with Gasteiger partial charge in [0.1, 0.15) is 0 Å². The third-order valence-corrected chi connectivity index (χ3v) is 8.59. The van der Waals surface area contributed by atoms with Gasteiger partial charge in [-0.1, -0.05) is 199 Å². The molecule has 0 amide bonds. The molecule has 0 fully saturated rings. The maximum absolute atomic E-state index is 2.57. The molecule has 0 aliphatic carbocycles. The second-order valence-corrected chi connectivity index (χ2v) is 12.8. The van der Waals surface area contributed by atoms with Crippen molar-refractivity contribution in [1.82, 2.24) is 0 Å². The maximum Gasteiger partial charge on any atom is -0.0351 e. The molecule has 0 rings (SSSR count). The Balaban J connectivity index is 3.10. The van der Waals surface area contributed by atoms with E-state index < -0.39 is 0 Å². The van der Waals surface area contributed by atoms with E-state index in [0.717, 1.165) is 0 Å². The van der Waals surface area contributed by atoms with Crippen molar-refractivity contribution in [2.75, 3.05) is 0 Å². The van der Waals surface area contributed by atoms with E-state index in [0.29, 0.717) is 0 Å². The zero-order valence-electron chi connectivity index (χ0n) is 28.2. The summed E-state index contributed by atoms with van der Waals surface area (Å²) in [5.74, 6) is 0. The fraction of sp³-hybridized carbons (Fsp3) is 0.875. The Hall–Kier alpha value is -0.520. The van der Waals surface area contributed by atoms with Crippen molar-refractivity contribution in [1.29, 1.82) is 0 Å². The minimum absolute atomic E-state index is 1.30. The van der Waals surface area contributed by atoms with Crippen LogP contribution in [0.1, 0.15) is 226 Å². The standard InChI is InChI=1S/C40H77/c1-3-5-7-9-11-13-15-17-19-21-23-25-27-29-31-33-35-37-39-40-38-36-34-32-30-28-26-24-22-20-18-16-14-12-10-8-6-4-2/h17,19,24,26,38H,3-16,18,20-23,25,27-37,39-40H2,1-2H3/b19-17-,26-24-. The van der Waals surface area contributed by atoms with Gasteiger partial charge in [0.25, 0.3) is 0 Å². The van der Waals surface area contributed by atoms with Crippen LogP contribution in [0.15, 0.2) is 24.3 Å². The summed E-state index contributed by atoms with van der Waals surface area (Å²) in [5, 5.41) is 0. The maximum atomic E-state index is 2.57. The van der Waals surface area contributed by atoms with E-state index in [4.69, 9.17) is 0 Å². The van der Waals surface area contributed by atoms with Crippen LogP contribution in [-0.2, 0) is 0 Å². The van der Waals surface area contributed by atoms with Gasteiger partial charge in [-0.05, 0) is 57.8 Å². The van der Waals surface area contributed by atoms with E-state index in [1.165, 1.54) is 212 Å². The van der Waals surface area contributed by atoms with Gasteiger partial charge in [-0.25, -0.2) is 0 Å². The molecule has 237 valence electrons. The fourth-order valence-corrected chi connectivity index (χ4v) is 5.75. The predicted octanol–water partition coefficient (Wildman–Crippen LogP) is 15.2. The number of rotatable bonds is 35. The van der Waals surface area contributed by atoms with Gasteiger partial charge in [-0.3, -0.25) is 0 Å². The normalized spacial score (nSPS) is 11.9. The zero-order valence-corrected chi connectivity index (χ0v) is 28.2. The van der Waals surface area contributed by atoms with Crippen molar-refractivity contribution in [3.8, 4) is 0 Å². The molecule has 0 N–H and O–H groups in total. The van der Waals surface area contributed by atoms with E-state index in [1.807, 2.05) is 0 Å².